The van der Waals surface area contributed by atoms with Crippen molar-refractivity contribution in [3.8, 4) is 11.5 Å². The number of likely N-dealkylation sites (N-methyl/N-ethyl adjacent to an activating group) is 1. The lowest BCUT2D eigenvalue weighted by atomic mass is 9.98. The van der Waals surface area contributed by atoms with Crippen molar-refractivity contribution < 1.29 is 23.5 Å². The molecular formula is C29H31FN2O4. The number of nitrogens with zero attached hydrogens (tertiary/aromatic N) is 2. The molecule has 7 heteroatoms. The van der Waals surface area contributed by atoms with Crippen LogP contribution in [0.2, 0.25) is 0 Å². The molecule has 1 heterocycles. The number of rotatable bonds is 7. The Hall–Kier alpha value is -3.71. The van der Waals surface area contributed by atoms with Crippen molar-refractivity contribution in [2.45, 2.75) is 46.0 Å². The lowest BCUT2D eigenvalue weighted by Gasteiger charge is -2.35. The van der Waals surface area contributed by atoms with Crippen molar-refractivity contribution in [1.29, 1.82) is 0 Å². The number of carbonyl (C=O) groups excluding carboxylic acids is 2. The summed E-state index contributed by atoms with van der Waals surface area (Å²) in [6, 6.07) is 18.2. The number of amides is 1. The molecule has 0 saturated carbocycles. The van der Waals surface area contributed by atoms with Crippen LogP contribution in [0.15, 0.2) is 60.7 Å². The standard InChI is InChI=1S/C29H31FN2O4/c1-19-24(27(33)36-21-14-10-7-11-15-21)26(35-18-20-12-8-6-9-13-20)23-17-32(16-22(23)25(19)30)29(2,3)28(34)31(4)5/h6-15H,16-18H2,1-5H3. The molecule has 0 atom stereocenters. The molecule has 1 amide bonds. The highest BCUT2D eigenvalue weighted by Crippen LogP contribution is 2.42. The van der Waals surface area contributed by atoms with Crippen LogP contribution in [0.25, 0.3) is 0 Å². The molecule has 3 aromatic carbocycles. The van der Waals surface area contributed by atoms with Crippen LogP contribution in [0.5, 0.6) is 11.5 Å². The quantitative estimate of drug-likeness (QED) is 0.340. The van der Waals surface area contributed by atoms with E-state index in [0.29, 0.717) is 22.6 Å². The first-order valence-electron chi connectivity index (χ1n) is 11.9. The molecule has 4 rings (SSSR count). The van der Waals surface area contributed by atoms with Gasteiger partial charge >= 0.3 is 5.97 Å². The van der Waals surface area contributed by atoms with Gasteiger partial charge in [0.1, 0.15) is 29.5 Å². The summed E-state index contributed by atoms with van der Waals surface area (Å²) in [5, 5.41) is 0. The number of benzene rings is 3. The van der Waals surface area contributed by atoms with Gasteiger partial charge in [-0.2, -0.15) is 0 Å². The van der Waals surface area contributed by atoms with E-state index in [9.17, 15) is 9.59 Å². The third-order valence-corrected chi connectivity index (χ3v) is 6.64. The largest absolute Gasteiger partial charge is 0.488 e. The summed E-state index contributed by atoms with van der Waals surface area (Å²) >= 11 is 0. The molecule has 188 valence electrons. The maximum Gasteiger partial charge on any atom is 0.347 e. The van der Waals surface area contributed by atoms with Crippen LogP contribution in [0.4, 0.5) is 4.39 Å². The van der Waals surface area contributed by atoms with Crippen molar-refractivity contribution in [2.75, 3.05) is 14.1 Å². The molecule has 0 unspecified atom stereocenters. The number of halogens is 1. The molecule has 36 heavy (non-hydrogen) atoms. The SMILES string of the molecule is Cc1c(F)c2c(c(OCc3ccccc3)c1C(=O)Oc1ccccc1)CN(C(C)(C)C(=O)N(C)C)C2. The average Bonchev–Trinajstić information content (AvgIpc) is 3.32. The summed E-state index contributed by atoms with van der Waals surface area (Å²) in [6.07, 6.45) is 0. The van der Waals surface area contributed by atoms with Crippen molar-refractivity contribution in [3.63, 3.8) is 0 Å². The molecule has 1 aliphatic heterocycles. The van der Waals surface area contributed by atoms with Gasteiger partial charge in [-0.1, -0.05) is 48.5 Å². The van der Waals surface area contributed by atoms with Crippen LogP contribution in [0.1, 0.15) is 46.5 Å². The van der Waals surface area contributed by atoms with Crippen LogP contribution >= 0.6 is 0 Å². The second-order valence-corrected chi connectivity index (χ2v) is 9.69. The first-order chi connectivity index (χ1) is 17.1. The molecule has 0 N–H and O–H groups in total. The number of hydrogen-bond donors (Lipinski definition) is 0. The topological polar surface area (TPSA) is 59.1 Å². The van der Waals surface area contributed by atoms with Crippen LogP contribution in [-0.2, 0) is 24.5 Å². The van der Waals surface area contributed by atoms with E-state index in [4.69, 9.17) is 9.47 Å². The number of para-hydroxylation sites is 1. The fourth-order valence-electron chi connectivity index (χ4n) is 4.56. The lowest BCUT2D eigenvalue weighted by molar-refractivity contribution is -0.140. The van der Waals surface area contributed by atoms with Gasteiger partial charge in [-0.25, -0.2) is 9.18 Å². The van der Waals surface area contributed by atoms with E-state index in [0.717, 1.165) is 5.56 Å². The number of carbonyl (C=O) groups is 2. The molecule has 1 aliphatic rings. The van der Waals surface area contributed by atoms with Gasteiger partial charge in [0.2, 0.25) is 5.91 Å². The number of esters is 1. The summed E-state index contributed by atoms with van der Waals surface area (Å²) in [7, 11) is 3.40. The van der Waals surface area contributed by atoms with Gasteiger partial charge in [-0.05, 0) is 38.5 Å². The predicted octanol–water partition coefficient (Wildman–Crippen LogP) is 5.11. The highest BCUT2D eigenvalue weighted by molar-refractivity contribution is 5.96. The van der Waals surface area contributed by atoms with Crippen molar-refractivity contribution >= 4 is 11.9 Å². The molecule has 0 spiro atoms. The van der Waals surface area contributed by atoms with Gasteiger partial charge in [0.25, 0.3) is 0 Å². The smallest absolute Gasteiger partial charge is 0.347 e. The first kappa shape index (κ1) is 25.4. The minimum atomic E-state index is -0.885. The van der Waals surface area contributed by atoms with E-state index in [-0.39, 0.29) is 36.7 Å². The van der Waals surface area contributed by atoms with Crippen LogP contribution in [-0.4, -0.2) is 41.3 Å². The molecule has 0 saturated heterocycles. The summed E-state index contributed by atoms with van der Waals surface area (Å²) < 4.78 is 27.6. The predicted molar refractivity (Wildman–Crippen MR) is 135 cm³/mol. The summed E-state index contributed by atoms with van der Waals surface area (Å²) in [4.78, 5) is 29.7. The van der Waals surface area contributed by atoms with Crippen molar-refractivity contribution in [1.82, 2.24) is 9.80 Å². The fraction of sp³-hybridized carbons (Fsp3) is 0.310. The molecule has 0 radical (unpaired) electrons. The number of hydrogen-bond acceptors (Lipinski definition) is 5. The third-order valence-electron chi connectivity index (χ3n) is 6.64. The Kier molecular flexibility index (Phi) is 7.13. The molecule has 0 aromatic heterocycles. The van der Waals surface area contributed by atoms with Gasteiger partial charge in [-0.3, -0.25) is 9.69 Å². The van der Waals surface area contributed by atoms with E-state index in [1.54, 1.807) is 45.3 Å². The van der Waals surface area contributed by atoms with Crippen LogP contribution in [0.3, 0.4) is 0 Å². The Morgan fingerprint density at radius 3 is 2.17 bits per heavy atom. The van der Waals surface area contributed by atoms with E-state index >= 15 is 4.39 Å². The normalized spacial score (nSPS) is 13.3. The monoisotopic (exact) mass is 490 g/mol. The van der Waals surface area contributed by atoms with E-state index in [2.05, 4.69) is 0 Å². The zero-order valence-corrected chi connectivity index (χ0v) is 21.3. The highest BCUT2D eigenvalue weighted by atomic mass is 19.1. The summed E-state index contributed by atoms with van der Waals surface area (Å²) in [5.74, 6) is -0.610. The Balaban J connectivity index is 1.77. The minimum Gasteiger partial charge on any atom is -0.488 e. The van der Waals surface area contributed by atoms with E-state index in [1.165, 1.54) is 4.90 Å². The zero-order chi connectivity index (χ0) is 26.0. The molecule has 0 aliphatic carbocycles. The highest BCUT2D eigenvalue weighted by Gasteiger charge is 2.42. The fourth-order valence-corrected chi connectivity index (χ4v) is 4.56. The lowest BCUT2D eigenvalue weighted by Crippen LogP contribution is -2.52. The summed E-state index contributed by atoms with van der Waals surface area (Å²) in [6.45, 7) is 5.89. The molecule has 6 nitrogen and oxygen atoms in total. The molecular weight excluding hydrogens is 459 g/mol. The van der Waals surface area contributed by atoms with Crippen LogP contribution in [0, 0.1) is 12.7 Å². The summed E-state index contributed by atoms with van der Waals surface area (Å²) in [5.41, 5.74) is 1.25. The Labute approximate surface area is 211 Å². The first-order valence-corrected chi connectivity index (χ1v) is 11.9. The van der Waals surface area contributed by atoms with Crippen LogP contribution < -0.4 is 9.47 Å². The minimum absolute atomic E-state index is 0.0598. The van der Waals surface area contributed by atoms with Crippen molar-refractivity contribution in [3.05, 3.63) is 94.3 Å². The maximum absolute atomic E-state index is 15.7. The Bertz CT molecular complexity index is 1270. The van der Waals surface area contributed by atoms with E-state index < -0.39 is 17.3 Å². The molecule has 3 aromatic rings. The Morgan fingerprint density at radius 1 is 0.972 bits per heavy atom. The molecule has 0 fully saturated rings. The third kappa shape index (κ3) is 4.84. The van der Waals surface area contributed by atoms with Gasteiger partial charge in [0.15, 0.2) is 0 Å². The van der Waals surface area contributed by atoms with Gasteiger partial charge in [0, 0.05) is 43.9 Å². The van der Waals surface area contributed by atoms with E-state index in [1.807, 2.05) is 55.1 Å². The number of ether oxygens (including phenoxy) is 2. The average molecular weight is 491 g/mol. The van der Waals surface area contributed by atoms with Gasteiger partial charge < -0.3 is 14.4 Å². The zero-order valence-electron chi connectivity index (χ0n) is 21.3. The second-order valence-electron chi connectivity index (χ2n) is 9.69. The van der Waals surface area contributed by atoms with Gasteiger partial charge in [-0.15, -0.1) is 0 Å². The maximum atomic E-state index is 15.7. The molecule has 0 bridgehead atoms. The number of fused-ring (bicyclic) bond motifs is 1. The van der Waals surface area contributed by atoms with Crippen molar-refractivity contribution in [2.24, 2.45) is 0 Å². The van der Waals surface area contributed by atoms with Gasteiger partial charge in [0.05, 0.1) is 5.54 Å². The Morgan fingerprint density at radius 2 is 1.56 bits per heavy atom. The second kappa shape index (κ2) is 10.1.